The molecule has 2 heterocycles. The highest BCUT2D eigenvalue weighted by molar-refractivity contribution is 5.80. The molecule has 2 fully saturated rings. The third-order valence-corrected chi connectivity index (χ3v) is 6.23. The van der Waals surface area contributed by atoms with Crippen molar-refractivity contribution in [3.8, 4) is 5.75 Å². The van der Waals surface area contributed by atoms with Crippen LogP contribution in [0.25, 0.3) is 0 Å². The highest BCUT2D eigenvalue weighted by atomic mass is 19.1. The van der Waals surface area contributed by atoms with Gasteiger partial charge in [-0.3, -0.25) is 9.59 Å². The molecule has 0 radical (unpaired) electrons. The summed E-state index contributed by atoms with van der Waals surface area (Å²) in [6.45, 7) is 2.97. The van der Waals surface area contributed by atoms with Crippen molar-refractivity contribution in [2.75, 3.05) is 13.7 Å². The Balaban J connectivity index is 1.70. The maximum atomic E-state index is 13.7. The zero-order chi connectivity index (χ0) is 20.1. The van der Waals surface area contributed by atoms with E-state index in [4.69, 9.17) is 4.74 Å². The van der Waals surface area contributed by atoms with Gasteiger partial charge in [0.15, 0.2) is 11.6 Å². The molecular formula is C22H31FN2O3. The van der Waals surface area contributed by atoms with Crippen molar-refractivity contribution in [1.29, 1.82) is 0 Å². The molecule has 2 aliphatic rings. The average Bonchev–Trinajstić information content (AvgIpc) is 3.08. The number of amides is 2. The molecule has 1 N–H and O–H groups in total. The third-order valence-electron chi connectivity index (χ3n) is 6.23. The molecule has 0 saturated carbocycles. The Hall–Kier alpha value is -2.11. The molecule has 5 nitrogen and oxygen atoms in total. The van der Waals surface area contributed by atoms with E-state index in [1.165, 1.54) is 19.6 Å². The first kappa shape index (κ1) is 20.6. The molecule has 0 spiro atoms. The van der Waals surface area contributed by atoms with E-state index in [1.807, 2.05) is 4.90 Å². The summed E-state index contributed by atoms with van der Waals surface area (Å²) in [6, 6.07) is 5.14. The Labute approximate surface area is 166 Å². The van der Waals surface area contributed by atoms with Crippen LogP contribution < -0.4 is 10.1 Å². The minimum atomic E-state index is -0.451. The summed E-state index contributed by atoms with van der Waals surface area (Å²) < 4.78 is 18.8. The second kappa shape index (κ2) is 8.93. The topological polar surface area (TPSA) is 58.6 Å². The van der Waals surface area contributed by atoms with Gasteiger partial charge in [-0.05, 0) is 62.6 Å². The van der Waals surface area contributed by atoms with Crippen molar-refractivity contribution in [1.82, 2.24) is 10.2 Å². The van der Waals surface area contributed by atoms with E-state index < -0.39 is 11.4 Å². The van der Waals surface area contributed by atoms with Crippen LogP contribution in [-0.2, 0) is 16.0 Å². The minimum Gasteiger partial charge on any atom is -0.494 e. The lowest BCUT2D eigenvalue weighted by Gasteiger charge is -2.36. The lowest BCUT2D eigenvalue weighted by Crippen LogP contribution is -2.47. The predicted molar refractivity (Wildman–Crippen MR) is 106 cm³/mol. The fourth-order valence-corrected chi connectivity index (χ4v) is 4.63. The zero-order valence-corrected chi connectivity index (χ0v) is 16.9. The Kier molecular flexibility index (Phi) is 6.57. The molecule has 6 heteroatoms. The first-order valence-corrected chi connectivity index (χ1v) is 10.4. The van der Waals surface area contributed by atoms with Crippen LogP contribution in [0.1, 0.15) is 63.9 Å². The second-order valence-corrected chi connectivity index (χ2v) is 8.12. The van der Waals surface area contributed by atoms with Gasteiger partial charge < -0.3 is 15.0 Å². The highest BCUT2D eigenvalue weighted by Crippen LogP contribution is 2.32. The molecule has 0 bridgehead atoms. The van der Waals surface area contributed by atoms with Crippen LogP contribution in [0.2, 0.25) is 0 Å². The largest absolute Gasteiger partial charge is 0.494 e. The third kappa shape index (κ3) is 4.65. The van der Waals surface area contributed by atoms with Gasteiger partial charge in [-0.25, -0.2) is 4.39 Å². The number of nitrogens with zero attached hydrogens (tertiary/aromatic N) is 1. The number of methoxy groups -OCH3 is 1. The summed E-state index contributed by atoms with van der Waals surface area (Å²) in [4.78, 5) is 26.9. The van der Waals surface area contributed by atoms with E-state index in [0.717, 1.165) is 31.4 Å². The zero-order valence-electron chi connectivity index (χ0n) is 16.9. The van der Waals surface area contributed by atoms with E-state index in [-0.39, 0.29) is 17.6 Å². The van der Waals surface area contributed by atoms with Gasteiger partial charge in [0.2, 0.25) is 11.8 Å². The normalized spacial score (nSPS) is 24.9. The minimum absolute atomic E-state index is 0.0194. The monoisotopic (exact) mass is 390 g/mol. The summed E-state index contributed by atoms with van der Waals surface area (Å²) in [6.07, 6.45) is 7.08. The van der Waals surface area contributed by atoms with Gasteiger partial charge in [-0.15, -0.1) is 0 Å². The number of halogens is 1. The van der Waals surface area contributed by atoms with Gasteiger partial charge >= 0.3 is 0 Å². The molecular weight excluding hydrogens is 359 g/mol. The van der Waals surface area contributed by atoms with Crippen LogP contribution >= 0.6 is 0 Å². The van der Waals surface area contributed by atoms with Crippen molar-refractivity contribution in [2.24, 2.45) is 0 Å². The standard InChI is InChI=1S/C22H31FN2O3/c1-3-17-6-4-5-13-25(17)21(27)10-12-22(11-9-20(26)24-22)15-16-7-8-18(23)19(14-16)28-2/h7-8,14,17H,3-6,9-13,15H2,1-2H3,(H,24,26). The number of hydrogen-bond acceptors (Lipinski definition) is 3. The molecule has 2 saturated heterocycles. The number of benzene rings is 1. The second-order valence-electron chi connectivity index (χ2n) is 8.12. The number of ether oxygens (including phenoxy) is 1. The maximum absolute atomic E-state index is 13.7. The van der Waals surface area contributed by atoms with Gasteiger partial charge in [0.25, 0.3) is 0 Å². The molecule has 2 unspecified atom stereocenters. The van der Waals surface area contributed by atoms with Gasteiger partial charge in [-0.2, -0.15) is 0 Å². The molecule has 1 aromatic rings. The molecule has 2 aliphatic heterocycles. The molecule has 2 atom stereocenters. The van der Waals surface area contributed by atoms with Crippen molar-refractivity contribution < 1.29 is 18.7 Å². The van der Waals surface area contributed by atoms with E-state index in [2.05, 4.69) is 12.2 Å². The Morgan fingerprint density at radius 3 is 2.89 bits per heavy atom. The summed E-state index contributed by atoms with van der Waals surface area (Å²) in [7, 11) is 1.44. The van der Waals surface area contributed by atoms with Crippen molar-refractivity contribution in [3.63, 3.8) is 0 Å². The number of nitrogens with one attached hydrogen (secondary N) is 1. The first-order chi connectivity index (χ1) is 13.5. The summed E-state index contributed by atoms with van der Waals surface area (Å²) >= 11 is 0. The number of piperidine rings is 1. The van der Waals surface area contributed by atoms with Gasteiger partial charge in [0.05, 0.1) is 7.11 Å². The van der Waals surface area contributed by atoms with Crippen LogP contribution in [-0.4, -0.2) is 41.9 Å². The van der Waals surface area contributed by atoms with Gasteiger partial charge in [0.1, 0.15) is 0 Å². The van der Waals surface area contributed by atoms with E-state index >= 15 is 0 Å². The van der Waals surface area contributed by atoms with Gasteiger partial charge in [-0.1, -0.05) is 13.0 Å². The van der Waals surface area contributed by atoms with Crippen LogP contribution in [0.5, 0.6) is 5.75 Å². The van der Waals surface area contributed by atoms with Gasteiger partial charge in [0, 0.05) is 31.0 Å². The smallest absolute Gasteiger partial charge is 0.222 e. The van der Waals surface area contributed by atoms with E-state index in [0.29, 0.717) is 38.1 Å². The predicted octanol–water partition coefficient (Wildman–Crippen LogP) is 3.60. The molecule has 154 valence electrons. The Morgan fingerprint density at radius 2 is 2.21 bits per heavy atom. The number of carbonyl (C=O) groups is 2. The number of carbonyl (C=O) groups excluding carboxylic acids is 2. The lowest BCUT2D eigenvalue weighted by molar-refractivity contribution is -0.135. The van der Waals surface area contributed by atoms with E-state index in [9.17, 15) is 14.0 Å². The van der Waals surface area contributed by atoms with Crippen molar-refractivity contribution in [2.45, 2.75) is 76.3 Å². The summed E-state index contributed by atoms with van der Waals surface area (Å²) in [5.74, 6) is 0.00323. The Morgan fingerprint density at radius 1 is 1.39 bits per heavy atom. The highest BCUT2D eigenvalue weighted by Gasteiger charge is 2.38. The fourth-order valence-electron chi connectivity index (χ4n) is 4.63. The number of likely N-dealkylation sites (tertiary alicyclic amines) is 1. The number of rotatable bonds is 7. The molecule has 3 rings (SSSR count). The van der Waals surface area contributed by atoms with Crippen LogP contribution in [0, 0.1) is 5.82 Å². The molecule has 0 aromatic heterocycles. The van der Waals surface area contributed by atoms with Crippen LogP contribution in [0.15, 0.2) is 18.2 Å². The van der Waals surface area contributed by atoms with Crippen molar-refractivity contribution in [3.05, 3.63) is 29.6 Å². The molecule has 28 heavy (non-hydrogen) atoms. The maximum Gasteiger partial charge on any atom is 0.222 e. The van der Waals surface area contributed by atoms with E-state index in [1.54, 1.807) is 12.1 Å². The Bertz CT molecular complexity index is 724. The lowest BCUT2D eigenvalue weighted by atomic mass is 9.84. The fraction of sp³-hybridized carbons (Fsp3) is 0.636. The summed E-state index contributed by atoms with van der Waals surface area (Å²) in [5, 5.41) is 3.11. The van der Waals surface area contributed by atoms with Crippen LogP contribution in [0.4, 0.5) is 4.39 Å². The number of hydrogen-bond donors (Lipinski definition) is 1. The average molecular weight is 390 g/mol. The summed E-state index contributed by atoms with van der Waals surface area (Å²) in [5.41, 5.74) is 0.449. The van der Waals surface area contributed by atoms with Crippen LogP contribution in [0.3, 0.4) is 0 Å². The molecule has 1 aromatic carbocycles. The molecule has 2 amide bonds. The SMILES string of the molecule is CCC1CCCCN1C(=O)CCC1(Cc2ccc(F)c(OC)c2)CCC(=O)N1. The first-order valence-electron chi connectivity index (χ1n) is 10.4. The van der Waals surface area contributed by atoms with Crippen molar-refractivity contribution >= 4 is 11.8 Å². The molecule has 0 aliphatic carbocycles. The quantitative estimate of drug-likeness (QED) is 0.774.